The summed E-state index contributed by atoms with van der Waals surface area (Å²) in [7, 11) is 0. The van der Waals surface area contributed by atoms with Crippen LogP contribution in [0.5, 0.6) is 0 Å². The summed E-state index contributed by atoms with van der Waals surface area (Å²) in [6.45, 7) is 3.59. The third kappa shape index (κ3) is 3.72. The Kier molecular flexibility index (Phi) is 5.36. The van der Waals surface area contributed by atoms with Crippen molar-refractivity contribution in [2.45, 2.75) is 38.0 Å². The molecule has 0 bridgehead atoms. The van der Waals surface area contributed by atoms with Gasteiger partial charge in [0.15, 0.2) is 11.4 Å². The van der Waals surface area contributed by atoms with E-state index in [1.165, 1.54) is 12.3 Å². The number of alkyl halides is 2. The number of rotatable bonds is 6. The van der Waals surface area contributed by atoms with E-state index in [1.54, 1.807) is 12.2 Å². The van der Waals surface area contributed by atoms with Gasteiger partial charge >= 0.3 is 5.92 Å². The van der Waals surface area contributed by atoms with Gasteiger partial charge in [-0.05, 0) is 48.0 Å². The van der Waals surface area contributed by atoms with Crippen molar-refractivity contribution < 1.29 is 23.0 Å². The highest BCUT2D eigenvalue weighted by Gasteiger charge is 2.59. The van der Waals surface area contributed by atoms with Crippen LogP contribution in [0.4, 0.5) is 13.2 Å². The van der Waals surface area contributed by atoms with Crippen molar-refractivity contribution in [3.63, 3.8) is 0 Å². The van der Waals surface area contributed by atoms with Gasteiger partial charge in [0, 0.05) is 17.3 Å². The van der Waals surface area contributed by atoms with Crippen LogP contribution in [0.25, 0.3) is 17.5 Å². The Morgan fingerprint density at radius 1 is 1.29 bits per heavy atom. The predicted octanol–water partition coefficient (Wildman–Crippen LogP) is 3.31. The number of nitrogens with zero attached hydrogens (tertiary/aromatic N) is 5. The summed E-state index contributed by atoms with van der Waals surface area (Å²) in [6, 6.07) is 5.79. The van der Waals surface area contributed by atoms with E-state index in [2.05, 4.69) is 20.5 Å². The summed E-state index contributed by atoms with van der Waals surface area (Å²) < 4.78 is 51.4. The van der Waals surface area contributed by atoms with Gasteiger partial charge in [0.1, 0.15) is 11.5 Å². The highest BCUT2D eigenvalue weighted by molar-refractivity contribution is 5.64. The molecule has 162 valence electrons. The summed E-state index contributed by atoms with van der Waals surface area (Å²) >= 11 is 0. The Bertz CT molecular complexity index is 1110. The van der Waals surface area contributed by atoms with Crippen LogP contribution in [-0.4, -0.2) is 43.0 Å². The van der Waals surface area contributed by atoms with E-state index in [1.807, 2.05) is 13.8 Å². The molecule has 1 unspecified atom stereocenters. The first-order valence-electron chi connectivity index (χ1n) is 9.64. The van der Waals surface area contributed by atoms with E-state index in [0.29, 0.717) is 12.2 Å². The molecule has 10 heteroatoms. The number of ether oxygens (including phenoxy) is 1. The molecule has 1 aromatic carbocycles. The van der Waals surface area contributed by atoms with Gasteiger partial charge in [0.25, 0.3) is 0 Å². The molecule has 1 aliphatic heterocycles. The summed E-state index contributed by atoms with van der Waals surface area (Å²) in [5.41, 5.74) is -2.92. The highest BCUT2D eigenvalue weighted by atomic mass is 19.3. The molecule has 3 heterocycles. The third-order valence-electron chi connectivity index (χ3n) is 5.04. The zero-order valence-corrected chi connectivity index (χ0v) is 16.8. The lowest BCUT2D eigenvalue weighted by molar-refractivity contribution is -0.207. The minimum Gasteiger partial charge on any atom is -0.377 e. The fourth-order valence-corrected chi connectivity index (χ4v) is 3.47. The first kappa shape index (κ1) is 21.1. The maximum absolute atomic E-state index is 15.6. The van der Waals surface area contributed by atoms with E-state index in [9.17, 15) is 9.50 Å². The second-order valence-electron chi connectivity index (χ2n) is 7.55. The maximum atomic E-state index is 15.6. The molecule has 4 rings (SSSR count). The summed E-state index contributed by atoms with van der Waals surface area (Å²) in [4.78, 5) is 3.88. The number of aromatic nitrogens is 5. The Morgan fingerprint density at radius 2 is 2.10 bits per heavy atom. The molecule has 1 aliphatic rings. The smallest absolute Gasteiger partial charge is 0.323 e. The number of halogens is 3. The normalized spacial score (nSPS) is 18.4. The van der Waals surface area contributed by atoms with Crippen molar-refractivity contribution in [1.29, 1.82) is 0 Å². The van der Waals surface area contributed by atoms with Crippen molar-refractivity contribution >= 4 is 6.08 Å². The molecular formula is C21H20F3N5O2. The standard InChI is InChI=1S/C21H20F3N5O2/c1-13(2)31-9-3-4-14-5-8-18(25-11-14)21(23,24)20(30)12-29-19(26-27-28-29)16-10-15(22)6-7-17(16)20/h3-8,10-11,13,30H,9,12H2,1-2H3/b4-3+. The molecule has 1 N–H and O–H groups in total. The molecule has 0 amide bonds. The lowest BCUT2D eigenvalue weighted by Gasteiger charge is -2.39. The Morgan fingerprint density at radius 3 is 2.81 bits per heavy atom. The van der Waals surface area contributed by atoms with Crippen LogP contribution < -0.4 is 0 Å². The summed E-state index contributed by atoms with van der Waals surface area (Å²) in [6.07, 6.45) is 4.83. The fraction of sp³-hybridized carbons (Fsp3) is 0.333. The lowest BCUT2D eigenvalue weighted by atomic mass is 9.80. The molecule has 0 radical (unpaired) electrons. The third-order valence-corrected chi connectivity index (χ3v) is 5.04. The van der Waals surface area contributed by atoms with Crippen LogP contribution in [0.15, 0.2) is 42.6 Å². The molecule has 0 saturated heterocycles. The zero-order chi connectivity index (χ0) is 22.2. The second-order valence-corrected chi connectivity index (χ2v) is 7.55. The van der Waals surface area contributed by atoms with Crippen LogP contribution in [-0.2, 0) is 22.8 Å². The minimum absolute atomic E-state index is 0.00290. The van der Waals surface area contributed by atoms with Crippen molar-refractivity contribution in [2.24, 2.45) is 0 Å². The molecule has 0 spiro atoms. The fourth-order valence-electron chi connectivity index (χ4n) is 3.47. The van der Waals surface area contributed by atoms with Crippen LogP contribution in [0.3, 0.4) is 0 Å². The maximum Gasteiger partial charge on any atom is 0.323 e. The molecule has 0 fully saturated rings. The van der Waals surface area contributed by atoms with Crippen molar-refractivity contribution in [3.8, 4) is 11.4 Å². The van der Waals surface area contributed by atoms with Crippen molar-refractivity contribution in [3.05, 3.63) is 65.2 Å². The monoisotopic (exact) mass is 431 g/mol. The van der Waals surface area contributed by atoms with Gasteiger partial charge in [0.2, 0.25) is 0 Å². The van der Waals surface area contributed by atoms with Gasteiger partial charge in [-0.15, -0.1) is 5.10 Å². The second kappa shape index (κ2) is 7.86. The average molecular weight is 431 g/mol. The number of pyridine rings is 1. The predicted molar refractivity (Wildman–Crippen MR) is 105 cm³/mol. The topological polar surface area (TPSA) is 86.0 Å². The number of tetrazole rings is 1. The van der Waals surface area contributed by atoms with E-state index in [0.717, 1.165) is 28.9 Å². The quantitative estimate of drug-likeness (QED) is 0.645. The number of fused-ring (bicyclic) bond motifs is 3. The Balaban J connectivity index is 1.67. The van der Waals surface area contributed by atoms with Gasteiger partial charge < -0.3 is 9.84 Å². The van der Waals surface area contributed by atoms with E-state index in [-0.39, 0.29) is 23.1 Å². The molecular weight excluding hydrogens is 411 g/mol. The van der Waals surface area contributed by atoms with Crippen LogP contribution in [0.2, 0.25) is 0 Å². The molecule has 2 aromatic heterocycles. The van der Waals surface area contributed by atoms with Gasteiger partial charge in [-0.1, -0.05) is 24.3 Å². The van der Waals surface area contributed by atoms with E-state index < -0.39 is 29.6 Å². The van der Waals surface area contributed by atoms with Gasteiger partial charge in [-0.2, -0.15) is 8.78 Å². The first-order chi connectivity index (χ1) is 14.7. The van der Waals surface area contributed by atoms with Crippen LogP contribution >= 0.6 is 0 Å². The average Bonchev–Trinajstić information content (AvgIpc) is 3.19. The van der Waals surface area contributed by atoms with Gasteiger partial charge in [0.05, 0.1) is 19.3 Å². The number of aliphatic hydroxyl groups is 1. The summed E-state index contributed by atoms with van der Waals surface area (Å²) in [5, 5.41) is 22.1. The SMILES string of the molecule is CC(C)OC/C=C/c1ccc(C(F)(F)C2(O)Cn3nnnc3-c3cc(F)ccc32)nc1. The summed E-state index contributed by atoms with van der Waals surface area (Å²) in [5.74, 6) is -4.37. The van der Waals surface area contributed by atoms with Gasteiger partial charge in [-0.3, -0.25) is 4.98 Å². The molecule has 0 aliphatic carbocycles. The molecule has 0 saturated carbocycles. The van der Waals surface area contributed by atoms with E-state index in [4.69, 9.17) is 4.74 Å². The molecule has 1 atom stereocenters. The largest absolute Gasteiger partial charge is 0.377 e. The van der Waals surface area contributed by atoms with Crippen molar-refractivity contribution in [1.82, 2.24) is 25.2 Å². The number of benzene rings is 1. The number of hydrogen-bond donors (Lipinski definition) is 1. The Hall–Kier alpha value is -3.11. The number of hydrogen-bond acceptors (Lipinski definition) is 6. The van der Waals surface area contributed by atoms with E-state index >= 15 is 8.78 Å². The minimum atomic E-state index is -3.81. The van der Waals surface area contributed by atoms with Crippen LogP contribution in [0, 0.1) is 5.82 Å². The molecule has 31 heavy (non-hydrogen) atoms. The molecule has 3 aromatic rings. The van der Waals surface area contributed by atoms with Crippen LogP contribution in [0.1, 0.15) is 30.7 Å². The highest BCUT2D eigenvalue weighted by Crippen LogP contribution is 2.50. The first-order valence-corrected chi connectivity index (χ1v) is 9.64. The Labute approximate surface area is 176 Å². The van der Waals surface area contributed by atoms with Gasteiger partial charge in [-0.25, -0.2) is 9.07 Å². The lowest BCUT2D eigenvalue weighted by Crippen LogP contribution is -2.49. The molecule has 7 nitrogen and oxygen atoms in total. The zero-order valence-electron chi connectivity index (χ0n) is 16.8. The van der Waals surface area contributed by atoms with Crippen molar-refractivity contribution in [2.75, 3.05) is 6.61 Å².